The van der Waals surface area contributed by atoms with Crippen LogP contribution >= 0.6 is 24.0 Å². The Kier molecular flexibility index (Phi) is 11.5. The van der Waals surface area contributed by atoms with Crippen LogP contribution in [0.25, 0.3) is 0 Å². The summed E-state index contributed by atoms with van der Waals surface area (Å²) in [7, 11) is 1.74. The third-order valence-electron chi connectivity index (χ3n) is 3.56. The van der Waals surface area contributed by atoms with Gasteiger partial charge in [0.1, 0.15) is 0 Å². The largest absolute Gasteiger partial charge is 0.383 e. The molecule has 1 aromatic rings. The van der Waals surface area contributed by atoms with Crippen molar-refractivity contribution in [1.29, 1.82) is 0 Å². The minimum atomic E-state index is -3.24. The summed E-state index contributed by atoms with van der Waals surface area (Å²) < 4.78 is 28.4. The second-order valence-corrected chi connectivity index (χ2v) is 8.08. The molecule has 0 aliphatic rings. The highest BCUT2D eigenvalue weighted by molar-refractivity contribution is 14.0. The number of guanidine groups is 1. The van der Waals surface area contributed by atoms with Crippen LogP contribution in [0.1, 0.15) is 11.1 Å². The first-order chi connectivity index (χ1) is 12.1. The Hall–Kier alpha value is -1.40. The number of carbonyl (C=O) groups is 1. The Bertz CT molecular complexity index is 751. The van der Waals surface area contributed by atoms with Gasteiger partial charge in [0.15, 0.2) is 15.8 Å². The van der Waals surface area contributed by atoms with E-state index in [1.807, 2.05) is 0 Å². The van der Waals surface area contributed by atoms with Crippen molar-refractivity contribution in [2.75, 3.05) is 47.2 Å². The fourth-order valence-electron chi connectivity index (χ4n) is 2.16. The molecule has 1 rings (SSSR count). The number of likely N-dealkylation sites (N-methyl/N-ethyl adjacent to an activating group) is 1. The van der Waals surface area contributed by atoms with E-state index >= 15 is 0 Å². The van der Waals surface area contributed by atoms with Gasteiger partial charge < -0.3 is 20.3 Å². The minimum Gasteiger partial charge on any atom is -0.383 e. The third-order valence-corrected chi connectivity index (χ3v) is 4.82. The number of aliphatic imine (C=N–C) groups is 1. The lowest BCUT2D eigenvalue weighted by molar-refractivity contribution is -0.127. The normalized spacial score (nSPS) is 11.5. The van der Waals surface area contributed by atoms with Crippen LogP contribution in [0.15, 0.2) is 28.1 Å². The van der Waals surface area contributed by atoms with Gasteiger partial charge in [-0.05, 0) is 24.1 Å². The third kappa shape index (κ3) is 9.38. The molecule has 0 aliphatic heterocycles. The van der Waals surface area contributed by atoms with Crippen LogP contribution in [0.2, 0.25) is 0 Å². The highest BCUT2D eigenvalue weighted by Gasteiger charge is 2.11. The van der Waals surface area contributed by atoms with Crippen molar-refractivity contribution in [3.05, 3.63) is 29.3 Å². The molecule has 0 atom stereocenters. The second kappa shape index (κ2) is 12.1. The number of sulfone groups is 1. The number of amides is 1. The number of aryl methyl sites for hydroxylation is 1. The van der Waals surface area contributed by atoms with Gasteiger partial charge in [0, 0.05) is 34.0 Å². The zero-order valence-electron chi connectivity index (χ0n) is 16.4. The molecule has 0 spiro atoms. The van der Waals surface area contributed by atoms with E-state index in [-0.39, 0.29) is 36.4 Å². The molecule has 0 aliphatic carbocycles. The highest BCUT2D eigenvalue weighted by Crippen LogP contribution is 2.17. The number of benzene rings is 1. The molecule has 154 valence electrons. The molecule has 8 nitrogen and oxygen atoms in total. The molecule has 0 fully saturated rings. The highest BCUT2D eigenvalue weighted by atomic mass is 127. The number of nitrogens with one attached hydrogen (secondary N) is 2. The standard InChI is InChI=1S/C17H28N4O4S.HI/c1-13-10-14(6-7-15(13)26(5,23)24)11-19-17(18-8-9-25-4)20-12-16(22)21(2)3;/h6-7,10H,8-9,11-12H2,1-5H3,(H2,18,19,20);1H. The van der Waals surface area contributed by atoms with Gasteiger partial charge in [0.2, 0.25) is 5.91 Å². The maximum Gasteiger partial charge on any atom is 0.241 e. The van der Waals surface area contributed by atoms with Crippen molar-refractivity contribution >= 4 is 45.7 Å². The molecular formula is C17H29IN4O4S. The Morgan fingerprint density at radius 2 is 1.93 bits per heavy atom. The van der Waals surface area contributed by atoms with Gasteiger partial charge in [-0.15, -0.1) is 24.0 Å². The fourth-order valence-corrected chi connectivity index (χ4v) is 3.12. The first kappa shape index (κ1) is 25.6. The Balaban J connectivity index is 0.00000676. The van der Waals surface area contributed by atoms with E-state index in [9.17, 15) is 13.2 Å². The zero-order chi connectivity index (χ0) is 19.7. The number of ether oxygens (including phenoxy) is 1. The van der Waals surface area contributed by atoms with E-state index in [1.54, 1.807) is 46.3 Å². The number of halogens is 1. The molecule has 10 heteroatoms. The van der Waals surface area contributed by atoms with Crippen LogP contribution in [0.3, 0.4) is 0 Å². The second-order valence-electron chi connectivity index (χ2n) is 6.10. The molecule has 0 radical (unpaired) electrons. The predicted molar refractivity (Wildman–Crippen MR) is 117 cm³/mol. The van der Waals surface area contributed by atoms with Gasteiger partial charge in [0.25, 0.3) is 0 Å². The Morgan fingerprint density at radius 3 is 2.44 bits per heavy atom. The summed E-state index contributed by atoms with van der Waals surface area (Å²) in [6.07, 6.45) is 1.19. The molecule has 1 aromatic carbocycles. The summed E-state index contributed by atoms with van der Waals surface area (Å²) in [6, 6.07) is 5.14. The van der Waals surface area contributed by atoms with Gasteiger partial charge >= 0.3 is 0 Å². The number of nitrogens with zero attached hydrogens (tertiary/aromatic N) is 2. The van der Waals surface area contributed by atoms with Crippen LogP contribution in [-0.2, 0) is 25.9 Å². The molecule has 2 N–H and O–H groups in total. The molecule has 0 saturated heterocycles. The van der Waals surface area contributed by atoms with Gasteiger partial charge in [-0.2, -0.15) is 0 Å². The fraction of sp³-hybridized carbons (Fsp3) is 0.529. The first-order valence-electron chi connectivity index (χ1n) is 8.16. The lowest BCUT2D eigenvalue weighted by Gasteiger charge is -2.15. The lowest BCUT2D eigenvalue weighted by atomic mass is 10.1. The number of methoxy groups -OCH3 is 1. The smallest absolute Gasteiger partial charge is 0.241 e. The monoisotopic (exact) mass is 512 g/mol. The van der Waals surface area contributed by atoms with E-state index in [0.29, 0.717) is 36.1 Å². The molecule has 0 bridgehead atoms. The predicted octanol–water partition coefficient (Wildman–Crippen LogP) is 0.786. The summed E-state index contributed by atoms with van der Waals surface area (Å²) in [5.41, 5.74) is 1.56. The van der Waals surface area contributed by atoms with E-state index < -0.39 is 9.84 Å². The van der Waals surface area contributed by atoms with Gasteiger partial charge in [-0.25, -0.2) is 13.4 Å². The van der Waals surface area contributed by atoms with Crippen molar-refractivity contribution in [1.82, 2.24) is 15.5 Å². The van der Waals surface area contributed by atoms with Crippen LogP contribution in [0, 0.1) is 6.92 Å². The lowest BCUT2D eigenvalue weighted by Crippen LogP contribution is -2.43. The van der Waals surface area contributed by atoms with Crippen LogP contribution < -0.4 is 10.6 Å². The topological polar surface area (TPSA) is 100 Å². The Morgan fingerprint density at radius 1 is 1.26 bits per heavy atom. The van der Waals surface area contributed by atoms with Crippen molar-refractivity contribution in [3.8, 4) is 0 Å². The average molecular weight is 512 g/mol. The van der Waals surface area contributed by atoms with Crippen molar-refractivity contribution in [2.45, 2.75) is 18.4 Å². The molecule has 1 amide bonds. The number of rotatable bonds is 8. The molecule has 0 unspecified atom stereocenters. The van der Waals surface area contributed by atoms with Crippen molar-refractivity contribution < 1.29 is 17.9 Å². The summed E-state index contributed by atoms with van der Waals surface area (Å²) >= 11 is 0. The Labute approximate surface area is 178 Å². The maximum absolute atomic E-state index is 11.7. The number of carbonyl (C=O) groups excluding carboxylic acids is 1. The van der Waals surface area contributed by atoms with Crippen LogP contribution in [0.4, 0.5) is 0 Å². The van der Waals surface area contributed by atoms with E-state index in [0.717, 1.165) is 5.56 Å². The molecule has 0 heterocycles. The average Bonchev–Trinajstić information content (AvgIpc) is 2.55. The number of hydrogen-bond acceptors (Lipinski definition) is 5. The van der Waals surface area contributed by atoms with E-state index in [1.165, 1.54) is 11.2 Å². The quantitative estimate of drug-likeness (QED) is 0.231. The zero-order valence-corrected chi connectivity index (χ0v) is 19.6. The maximum atomic E-state index is 11.7. The summed E-state index contributed by atoms with van der Waals surface area (Å²) in [5.74, 6) is 0.418. The molecule has 0 aromatic heterocycles. The molecule has 0 saturated carbocycles. The van der Waals surface area contributed by atoms with Gasteiger partial charge in [0.05, 0.1) is 24.6 Å². The van der Waals surface area contributed by atoms with Crippen LogP contribution in [-0.4, -0.2) is 72.3 Å². The summed E-state index contributed by atoms with van der Waals surface area (Å²) in [6.45, 7) is 3.28. The van der Waals surface area contributed by atoms with E-state index in [2.05, 4.69) is 15.6 Å². The van der Waals surface area contributed by atoms with E-state index in [4.69, 9.17) is 4.74 Å². The summed E-state index contributed by atoms with van der Waals surface area (Å²) in [4.78, 5) is 18.0. The molecular weight excluding hydrogens is 483 g/mol. The van der Waals surface area contributed by atoms with Crippen molar-refractivity contribution in [2.24, 2.45) is 4.99 Å². The van der Waals surface area contributed by atoms with Gasteiger partial charge in [-0.1, -0.05) is 12.1 Å². The van der Waals surface area contributed by atoms with Crippen molar-refractivity contribution in [3.63, 3.8) is 0 Å². The first-order valence-corrected chi connectivity index (χ1v) is 10.0. The SMILES string of the molecule is COCCNC(=NCc1ccc(S(C)(=O)=O)c(C)c1)NCC(=O)N(C)C.I. The summed E-state index contributed by atoms with van der Waals surface area (Å²) in [5, 5.41) is 6.06. The van der Waals surface area contributed by atoms with Gasteiger partial charge in [-0.3, -0.25) is 4.79 Å². The minimum absolute atomic E-state index is 0. The molecule has 27 heavy (non-hydrogen) atoms. The van der Waals surface area contributed by atoms with Crippen LogP contribution in [0.5, 0.6) is 0 Å². The number of hydrogen-bond donors (Lipinski definition) is 2.